The first-order chi connectivity index (χ1) is 49.1. The number of hydrogen-bond donors (Lipinski definition) is 5. The summed E-state index contributed by atoms with van der Waals surface area (Å²) in [6.07, 6.45) is -4.88. The molecule has 3 fully saturated rings. The highest BCUT2D eigenvalue weighted by molar-refractivity contribution is 6.06. The van der Waals surface area contributed by atoms with Gasteiger partial charge in [-0.2, -0.15) is 26.3 Å². The number of nitrogens with one attached hydrogen (secondary N) is 3. The molecule has 0 unspecified atom stereocenters. The minimum absolute atomic E-state index is 0.0206. The topological polar surface area (TPSA) is 252 Å². The molecule has 0 radical (unpaired) electrons. The van der Waals surface area contributed by atoms with Gasteiger partial charge < -0.3 is 74.8 Å². The molecule has 560 valence electrons. The van der Waals surface area contributed by atoms with Gasteiger partial charge in [-0.1, -0.05) is 18.2 Å². The molecule has 11 rings (SSSR count). The molecule has 0 saturated carbocycles. The molecule has 3 saturated heterocycles. The summed E-state index contributed by atoms with van der Waals surface area (Å²) in [6.45, 7) is 24.3. The molecule has 0 spiro atoms. The first-order valence-corrected chi connectivity index (χ1v) is 34.2. The number of alkyl halides is 6. The van der Waals surface area contributed by atoms with Gasteiger partial charge in [0.05, 0.1) is 56.3 Å². The fourth-order valence-electron chi connectivity index (χ4n) is 12.2. The first-order valence-electron chi connectivity index (χ1n) is 34.2. The number of anilines is 6. The van der Waals surface area contributed by atoms with E-state index >= 15 is 0 Å². The van der Waals surface area contributed by atoms with E-state index in [1.807, 2.05) is 73.2 Å². The lowest BCUT2D eigenvalue weighted by atomic mass is 9.90. The molecule has 27 heteroatoms. The van der Waals surface area contributed by atoms with Crippen molar-refractivity contribution in [3.8, 4) is 33.4 Å². The van der Waals surface area contributed by atoms with Crippen LogP contribution in [0.15, 0.2) is 142 Å². The summed E-state index contributed by atoms with van der Waals surface area (Å²) >= 11 is 0. The van der Waals surface area contributed by atoms with E-state index < -0.39 is 58.1 Å². The molecule has 7 N–H and O–H groups in total. The van der Waals surface area contributed by atoms with E-state index in [0.717, 1.165) is 98.8 Å². The molecule has 8 aromatic rings. The average Bonchev–Trinajstić information content (AvgIpc) is 0.813. The van der Waals surface area contributed by atoms with Crippen molar-refractivity contribution in [2.75, 3.05) is 110 Å². The Morgan fingerprint density at radius 3 is 1.11 bits per heavy atom. The number of aryl methyl sites for hydroxylation is 6. The van der Waals surface area contributed by atoms with Crippen molar-refractivity contribution >= 4 is 52.0 Å². The molecule has 105 heavy (non-hydrogen) atoms. The molecular formula is C78H91F6N11O10. The maximum atomic E-state index is 13.9. The second-order valence-corrected chi connectivity index (χ2v) is 28.5. The number of aromatic nitrogens is 3. The predicted molar refractivity (Wildman–Crippen MR) is 397 cm³/mol. The normalized spacial score (nSPS) is 14.5. The van der Waals surface area contributed by atoms with Crippen LogP contribution in [0.2, 0.25) is 0 Å². The van der Waals surface area contributed by atoms with Crippen LogP contribution in [0.4, 0.5) is 65.3 Å². The minimum atomic E-state index is -4.74. The quantitative estimate of drug-likeness (QED) is 0.0532. The van der Waals surface area contributed by atoms with Gasteiger partial charge in [0.25, 0.3) is 28.5 Å². The number of pyridine rings is 3. The molecule has 0 aliphatic carbocycles. The number of carbonyl (C=O) groups is 3. The molecule has 0 atom stereocenters. The zero-order chi connectivity index (χ0) is 76.8. The lowest BCUT2D eigenvalue weighted by molar-refractivity contribution is -0.138. The van der Waals surface area contributed by atoms with Crippen molar-refractivity contribution in [1.82, 2.24) is 19.0 Å². The van der Waals surface area contributed by atoms with Crippen LogP contribution in [-0.2, 0) is 63.5 Å². The molecule has 3 aromatic heterocycles. The van der Waals surface area contributed by atoms with Crippen molar-refractivity contribution in [3.05, 3.63) is 209 Å². The smallest absolute Gasteiger partial charge is 0.416 e. The summed E-state index contributed by atoms with van der Waals surface area (Å²) in [5, 5.41) is 8.03. The van der Waals surface area contributed by atoms with E-state index in [9.17, 15) is 55.1 Å². The van der Waals surface area contributed by atoms with Gasteiger partial charge in [0, 0.05) is 129 Å². The van der Waals surface area contributed by atoms with Crippen molar-refractivity contribution in [2.24, 2.45) is 26.9 Å². The highest BCUT2D eigenvalue weighted by atomic mass is 19.4. The third-order valence-corrected chi connectivity index (χ3v) is 18.1. The van der Waals surface area contributed by atoms with E-state index in [-0.39, 0.29) is 38.9 Å². The molecule has 6 heterocycles. The fourth-order valence-corrected chi connectivity index (χ4v) is 12.2. The highest BCUT2D eigenvalue weighted by Gasteiger charge is 2.36. The fraction of sp³-hybridized carbons (Fsp3) is 0.385. The summed E-state index contributed by atoms with van der Waals surface area (Å²) in [5.74, 6) is -1.45. The van der Waals surface area contributed by atoms with E-state index in [1.165, 1.54) is 35.1 Å². The first kappa shape index (κ1) is 78.9. The largest absolute Gasteiger partial charge is 0.444 e. The number of rotatable bonds is 13. The Labute approximate surface area is 605 Å². The Balaban J connectivity index is 0.000000192. The zero-order valence-electron chi connectivity index (χ0n) is 61.3. The number of alkyl carbamates (subject to hydrolysis) is 1. The van der Waals surface area contributed by atoms with Gasteiger partial charge in [0.1, 0.15) is 22.7 Å². The van der Waals surface area contributed by atoms with Gasteiger partial charge in [-0.3, -0.25) is 24.0 Å². The molecule has 3 amide bonds. The Bertz CT molecular complexity index is 4690. The average molecular weight is 1460 g/mol. The van der Waals surface area contributed by atoms with Gasteiger partial charge in [0.15, 0.2) is 0 Å². The van der Waals surface area contributed by atoms with E-state index in [1.54, 1.807) is 109 Å². The van der Waals surface area contributed by atoms with Gasteiger partial charge >= 0.3 is 18.4 Å². The minimum Gasteiger partial charge on any atom is -0.444 e. The molecule has 3 aliphatic heterocycles. The number of ether oxygens (including phenoxy) is 4. The molecule has 5 aromatic carbocycles. The summed E-state index contributed by atoms with van der Waals surface area (Å²) in [5.41, 5.74) is 17.7. The lowest BCUT2D eigenvalue weighted by Gasteiger charge is -2.30. The molecule has 0 bridgehead atoms. The number of nitrogen functional groups attached to an aromatic ring is 1. The van der Waals surface area contributed by atoms with Crippen LogP contribution in [0.25, 0.3) is 33.4 Å². The van der Waals surface area contributed by atoms with E-state index in [0.29, 0.717) is 88.6 Å². The van der Waals surface area contributed by atoms with Crippen LogP contribution in [0.1, 0.15) is 108 Å². The van der Waals surface area contributed by atoms with E-state index in [2.05, 4.69) is 20.9 Å². The Hall–Kier alpha value is -10.2. The molecular weight excluding hydrogens is 1360 g/mol. The highest BCUT2D eigenvalue weighted by Crippen LogP contribution is 2.38. The van der Waals surface area contributed by atoms with Crippen LogP contribution in [0.3, 0.4) is 0 Å². The zero-order valence-corrected chi connectivity index (χ0v) is 61.3. The predicted octanol–water partition coefficient (Wildman–Crippen LogP) is 12.7. The summed E-state index contributed by atoms with van der Waals surface area (Å²) in [4.78, 5) is 83.2. The third-order valence-electron chi connectivity index (χ3n) is 18.1. The van der Waals surface area contributed by atoms with Gasteiger partial charge in [-0.05, 0) is 205 Å². The van der Waals surface area contributed by atoms with Crippen molar-refractivity contribution in [2.45, 2.75) is 98.3 Å². The molecule has 21 nitrogen and oxygen atoms in total. The van der Waals surface area contributed by atoms with Gasteiger partial charge in [-0.25, -0.2) is 4.79 Å². The maximum absolute atomic E-state index is 13.9. The maximum Gasteiger partial charge on any atom is 0.416 e. The SMILES string of the molecule is Cc1ccc(N)cc1-c1cc(N2CCOCC2)c(=O)n(C)c1.Cc1ccc(NC(=O)c2cc(C(C)(C)N)cc(C(F)(F)F)c2)cc1-c1cc(N2CCOCC2)c(=O)n(C)c1.Cc1ccc(NC(=O)c2cc(C(F)(F)F)cc(C(C)(C)NC(=O)OC(C)(C)C)c2)cc1-c1cc(N2CCOCC2)c(=O)n(C)c1. The van der Waals surface area contributed by atoms with Crippen LogP contribution < -0.4 is 58.8 Å². The number of benzene rings is 5. The second kappa shape index (κ2) is 32.0. The third kappa shape index (κ3) is 20.0. The van der Waals surface area contributed by atoms with Gasteiger partial charge in [-0.15, -0.1) is 0 Å². The monoisotopic (exact) mass is 1460 g/mol. The number of halogens is 6. The Kier molecular flexibility index (Phi) is 24.1. The van der Waals surface area contributed by atoms with E-state index in [4.69, 9.17) is 30.4 Å². The van der Waals surface area contributed by atoms with Crippen LogP contribution >= 0.6 is 0 Å². The number of carbonyl (C=O) groups excluding carboxylic acids is 3. The summed E-state index contributed by atoms with van der Waals surface area (Å²) in [7, 11) is 5.14. The standard InChI is InChI=1S/C33H39F3N4O5.C28H31F3N4O3.C17H21N3O2/c1-20-8-9-25(18-26(20)22-16-27(29(42)39(7)19-22)40-10-12-44-13-11-40)37-28(41)21-14-23(17-24(15-21)33(34,35)36)32(5,6)38-30(43)45-31(2,3)4;1-17-5-6-22(33-25(36)18-11-20(27(2,3)32)14-21(12-18)28(29,30)31)15-23(17)19-13-24(26(37)34(4)16-19)35-7-9-38-10-8-35;1-12-3-4-14(18)10-15(12)13-9-16(17(21)19(2)11-13)20-5-7-22-8-6-20/h8-9,14-19H,10-13H2,1-7H3,(H,37,41)(H,38,43);5-6,11-16H,7-10,32H2,1-4H3,(H,33,36);3-4,9-11H,5-8,18H2,1-2H3. The Morgan fingerprint density at radius 1 is 0.448 bits per heavy atom. The van der Waals surface area contributed by atoms with Crippen LogP contribution in [0, 0.1) is 20.8 Å². The van der Waals surface area contributed by atoms with Crippen molar-refractivity contribution < 1.29 is 59.7 Å². The van der Waals surface area contributed by atoms with Crippen molar-refractivity contribution in [1.29, 1.82) is 0 Å². The molecule has 3 aliphatic rings. The second-order valence-electron chi connectivity index (χ2n) is 28.5. The lowest BCUT2D eigenvalue weighted by Crippen LogP contribution is -2.44. The number of amides is 3. The number of hydrogen-bond acceptors (Lipinski definition) is 15. The Morgan fingerprint density at radius 2 is 0.771 bits per heavy atom. The van der Waals surface area contributed by atoms with Crippen LogP contribution in [0.5, 0.6) is 0 Å². The summed E-state index contributed by atoms with van der Waals surface area (Å²) in [6, 6.07) is 28.0. The number of nitrogens with zero attached hydrogens (tertiary/aromatic N) is 6. The summed E-state index contributed by atoms with van der Waals surface area (Å²) < 4.78 is 109. The van der Waals surface area contributed by atoms with Crippen LogP contribution in [-0.4, -0.2) is 116 Å². The van der Waals surface area contributed by atoms with Crippen molar-refractivity contribution in [3.63, 3.8) is 0 Å². The number of morpholine rings is 3. The van der Waals surface area contributed by atoms with Gasteiger partial charge in [0.2, 0.25) is 0 Å². The number of nitrogens with two attached hydrogens (primary N) is 2.